The van der Waals surface area contributed by atoms with Crippen LogP contribution < -0.4 is 5.32 Å². The molecule has 0 radical (unpaired) electrons. The number of benzene rings is 1. The maximum atomic E-state index is 13.0. The molecular weight excluding hydrogens is 385 g/mol. The van der Waals surface area contributed by atoms with E-state index in [0.29, 0.717) is 23.8 Å². The molecule has 7 nitrogen and oxygen atoms in total. The first-order valence-corrected chi connectivity index (χ1v) is 10.7. The van der Waals surface area contributed by atoms with Gasteiger partial charge in [-0.3, -0.25) is 19.6 Å². The molecule has 2 aromatic rings. The van der Waals surface area contributed by atoms with Crippen LogP contribution in [0.3, 0.4) is 0 Å². The predicted molar refractivity (Wildman–Crippen MR) is 111 cm³/mol. The molecule has 2 fully saturated rings. The lowest BCUT2D eigenvalue weighted by molar-refractivity contribution is -0.137. The van der Waals surface area contributed by atoms with Crippen LogP contribution in [0.2, 0.25) is 0 Å². The summed E-state index contributed by atoms with van der Waals surface area (Å²) >= 11 is 0. The highest BCUT2D eigenvalue weighted by Crippen LogP contribution is 2.26. The summed E-state index contributed by atoms with van der Waals surface area (Å²) in [4.78, 5) is 29.2. The summed E-state index contributed by atoms with van der Waals surface area (Å²) < 4.78 is 13.0. The summed E-state index contributed by atoms with van der Waals surface area (Å²) in [7, 11) is 0. The van der Waals surface area contributed by atoms with Crippen molar-refractivity contribution in [2.75, 3.05) is 39.3 Å². The van der Waals surface area contributed by atoms with Crippen molar-refractivity contribution in [3.8, 4) is 11.3 Å². The van der Waals surface area contributed by atoms with Crippen LogP contribution in [0.4, 0.5) is 4.39 Å². The molecule has 4 rings (SSSR count). The van der Waals surface area contributed by atoms with Crippen LogP contribution >= 0.6 is 0 Å². The zero-order valence-electron chi connectivity index (χ0n) is 17.1. The van der Waals surface area contributed by atoms with Crippen LogP contribution in [0.5, 0.6) is 0 Å². The second kappa shape index (κ2) is 9.38. The van der Waals surface area contributed by atoms with E-state index in [2.05, 4.69) is 20.4 Å². The van der Waals surface area contributed by atoms with Crippen molar-refractivity contribution in [3.05, 3.63) is 41.8 Å². The molecule has 8 heteroatoms. The van der Waals surface area contributed by atoms with Gasteiger partial charge in [0.25, 0.3) is 5.91 Å². The van der Waals surface area contributed by atoms with Gasteiger partial charge in [0.15, 0.2) is 0 Å². The fourth-order valence-corrected chi connectivity index (χ4v) is 4.25. The Morgan fingerprint density at radius 3 is 2.50 bits per heavy atom. The normalized spacial score (nSPS) is 18.0. The number of H-pyrrole nitrogens is 1. The number of halogens is 1. The highest BCUT2D eigenvalue weighted by Gasteiger charge is 2.29. The first-order chi connectivity index (χ1) is 14.6. The van der Waals surface area contributed by atoms with Gasteiger partial charge in [-0.25, -0.2) is 4.39 Å². The second-order valence-electron chi connectivity index (χ2n) is 8.08. The number of nitrogens with zero attached hydrogens (tertiary/aromatic N) is 3. The van der Waals surface area contributed by atoms with Gasteiger partial charge >= 0.3 is 0 Å². The number of rotatable bonds is 6. The molecule has 1 aromatic heterocycles. The zero-order valence-corrected chi connectivity index (χ0v) is 17.1. The third-order valence-electron chi connectivity index (χ3n) is 6.06. The fourth-order valence-electron chi connectivity index (χ4n) is 4.25. The number of hydrogen-bond acceptors (Lipinski definition) is 4. The standard InChI is InChI=1S/C22H28FN5O2/c23-18-7-5-16(6-8-18)19-15-20(26-25-19)21(29)24-9-10-27-11-13-28(14-12-27)22(30)17-3-1-2-4-17/h5-8,15,17H,1-4,9-14H2,(H,24,29)(H,25,26). The van der Waals surface area contributed by atoms with Gasteiger partial charge in [-0.1, -0.05) is 12.8 Å². The molecule has 1 aliphatic carbocycles. The van der Waals surface area contributed by atoms with Gasteiger partial charge in [0, 0.05) is 50.7 Å². The number of aromatic nitrogens is 2. The van der Waals surface area contributed by atoms with E-state index in [1.807, 2.05) is 4.90 Å². The Balaban J connectivity index is 1.19. The molecule has 2 N–H and O–H groups in total. The van der Waals surface area contributed by atoms with Crippen LogP contribution in [0.25, 0.3) is 11.3 Å². The molecule has 2 amide bonds. The quantitative estimate of drug-likeness (QED) is 0.761. The van der Waals surface area contributed by atoms with E-state index in [4.69, 9.17) is 0 Å². The van der Waals surface area contributed by atoms with Crippen molar-refractivity contribution < 1.29 is 14.0 Å². The van der Waals surface area contributed by atoms with Gasteiger partial charge in [-0.05, 0) is 43.2 Å². The van der Waals surface area contributed by atoms with E-state index in [1.54, 1.807) is 18.2 Å². The topological polar surface area (TPSA) is 81.3 Å². The minimum Gasteiger partial charge on any atom is -0.349 e. The van der Waals surface area contributed by atoms with Crippen LogP contribution in [0.15, 0.2) is 30.3 Å². The lowest BCUT2D eigenvalue weighted by Crippen LogP contribution is -2.51. The van der Waals surface area contributed by atoms with E-state index in [-0.39, 0.29) is 17.6 Å². The van der Waals surface area contributed by atoms with Crippen molar-refractivity contribution in [1.82, 2.24) is 25.3 Å². The third-order valence-corrected chi connectivity index (χ3v) is 6.06. The lowest BCUT2D eigenvalue weighted by Gasteiger charge is -2.36. The average molecular weight is 413 g/mol. The first-order valence-electron chi connectivity index (χ1n) is 10.7. The number of hydrogen-bond donors (Lipinski definition) is 2. The van der Waals surface area contributed by atoms with E-state index >= 15 is 0 Å². The SMILES string of the molecule is O=C(NCCN1CCN(C(=O)C2CCCC2)CC1)c1cc(-c2ccc(F)cc2)n[nH]1. The first kappa shape index (κ1) is 20.5. The lowest BCUT2D eigenvalue weighted by atomic mass is 10.1. The molecule has 2 aliphatic rings. The van der Waals surface area contributed by atoms with Gasteiger partial charge < -0.3 is 10.2 Å². The fraction of sp³-hybridized carbons (Fsp3) is 0.500. The largest absolute Gasteiger partial charge is 0.349 e. The van der Waals surface area contributed by atoms with Crippen molar-refractivity contribution in [2.45, 2.75) is 25.7 Å². The molecule has 2 heterocycles. The third kappa shape index (κ3) is 4.87. The van der Waals surface area contributed by atoms with Crippen LogP contribution in [0, 0.1) is 11.7 Å². The van der Waals surface area contributed by atoms with Gasteiger partial charge in [0.2, 0.25) is 5.91 Å². The Morgan fingerprint density at radius 1 is 1.10 bits per heavy atom. The molecule has 0 atom stereocenters. The second-order valence-corrected chi connectivity index (χ2v) is 8.08. The average Bonchev–Trinajstić information content (AvgIpc) is 3.47. The Kier molecular flexibility index (Phi) is 6.42. The summed E-state index contributed by atoms with van der Waals surface area (Å²) in [5.41, 5.74) is 1.72. The van der Waals surface area contributed by atoms with Crippen molar-refractivity contribution in [3.63, 3.8) is 0 Å². The molecule has 30 heavy (non-hydrogen) atoms. The molecule has 1 aromatic carbocycles. The minimum absolute atomic E-state index is 0.217. The Bertz CT molecular complexity index is 868. The van der Waals surface area contributed by atoms with Gasteiger partial charge in [0.05, 0.1) is 5.69 Å². The maximum Gasteiger partial charge on any atom is 0.269 e. The van der Waals surface area contributed by atoms with E-state index in [9.17, 15) is 14.0 Å². The highest BCUT2D eigenvalue weighted by molar-refractivity contribution is 5.93. The van der Waals surface area contributed by atoms with Crippen molar-refractivity contribution in [1.29, 1.82) is 0 Å². The number of carbonyl (C=O) groups is 2. The van der Waals surface area contributed by atoms with E-state index < -0.39 is 0 Å². The maximum absolute atomic E-state index is 13.0. The molecule has 0 spiro atoms. The van der Waals surface area contributed by atoms with Crippen molar-refractivity contribution >= 4 is 11.8 Å². The number of nitrogens with one attached hydrogen (secondary N) is 2. The summed E-state index contributed by atoms with van der Waals surface area (Å²) in [5, 5.41) is 9.78. The molecular formula is C22H28FN5O2. The van der Waals surface area contributed by atoms with Gasteiger partial charge in [-0.15, -0.1) is 0 Å². The Hall–Kier alpha value is -2.74. The summed E-state index contributed by atoms with van der Waals surface area (Å²) in [6, 6.07) is 7.65. The molecule has 160 valence electrons. The Labute approximate surface area is 175 Å². The van der Waals surface area contributed by atoms with Crippen LogP contribution in [0.1, 0.15) is 36.2 Å². The summed E-state index contributed by atoms with van der Waals surface area (Å²) in [6.45, 7) is 4.49. The molecule has 1 saturated carbocycles. The number of aromatic amines is 1. The predicted octanol–water partition coefficient (Wildman–Crippen LogP) is 2.28. The minimum atomic E-state index is -0.309. The highest BCUT2D eigenvalue weighted by atomic mass is 19.1. The van der Waals surface area contributed by atoms with Crippen LogP contribution in [-0.4, -0.2) is 71.1 Å². The van der Waals surface area contributed by atoms with E-state index in [1.165, 1.54) is 25.0 Å². The van der Waals surface area contributed by atoms with E-state index in [0.717, 1.165) is 51.1 Å². The smallest absolute Gasteiger partial charge is 0.269 e. The zero-order chi connectivity index (χ0) is 20.9. The molecule has 1 aliphatic heterocycles. The molecule has 1 saturated heterocycles. The summed E-state index contributed by atoms with van der Waals surface area (Å²) in [5.74, 6) is 0.0450. The van der Waals surface area contributed by atoms with Crippen molar-refractivity contribution in [2.24, 2.45) is 5.92 Å². The summed E-state index contributed by atoms with van der Waals surface area (Å²) in [6.07, 6.45) is 4.44. The molecule has 0 bridgehead atoms. The number of amides is 2. The van der Waals surface area contributed by atoms with Gasteiger partial charge in [-0.2, -0.15) is 5.10 Å². The monoisotopic (exact) mass is 413 g/mol. The van der Waals surface area contributed by atoms with Crippen LogP contribution in [-0.2, 0) is 4.79 Å². The Morgan fingerprint density at radius 2 is 1.80 bits per heavy atom. The van der Waals surface area contributed by atoms with Gasteiger partial charge in [0.1, 0.15) is 11.5 Å². The number of carbonyl (C=O) groups excluding carboxylic acids is 2. The number of piperazine rings is 1. The molecule has 0 unspecified atom stereocenters.